The van der Waals surface area contributed by atoms with Crippen molar-refractivity contribution in [2.75, 3.05) is 6.54 Å². The molecule has 1 amide bonds. The molecule has 0 rings (SSSR count). The molecule has 0 aliphatic rings. The number of aliphatic carboxylic acids is 1. The molecule has 0 saturated heterocycles. The van der Waals surface area contributed by atoms with Crippen LogP contribution in [0.25, 0.3) is 0 Å². The van der Waals surface area contributed by atoms with E-state index in [1.165, 1.54) is 0 Å². The molecule has 0 heterocycles. The number of carboxylic acids is 1. The molecule has 4 nitrogen and oxygen atoms in total. The molecule has 0 aromatic heterocycles. The Hall–Kier alpha value is -1.06. The van der Waals surface area contributed by atoms with Crippen molar-refractivity contribution in [3.63, 3.8) is 0 Å². The van der Waals surface area contributed by atoms with Gasteiger partial charge in [0.05, 0.1) is 5.92 Å². The van der Waals surface area contributed by atoms with Gasteiger partial charge in [0.2, 0.25) is 5.91 Å². The Morgan fingerprint density at radius 3 is 2.27 bits per heavy atom. The maximum absolute atomic E-state index is 11.2. The largest absolute Gasteiger partial charge is 0.481 e. The monoisotopic (exact) mass is 215 g/mol. The minimum absolute atomic E-state index is 0.0151. The number of carbonyl (C=O) groups is 2. The zero-order chi connectivity index (χ0) is 11.8. The van der Waals surface area contributed by atoms with E-state index in [9.17, 15) is 9.59 Å². The first kappa shape index (κ1) is 13.9. The fourth-order valence-electron chi connectivity index (χ4n) is 1.06. The van der Waals surface area contributed by atoms with Crippen LogP contribution >= 0.6 is 0 Å². The summed E-state index contributed by atoms with van der Waals surface area (Å²) in [4.78, 5) is 21.7. The summed E-state index contributed by atoms with van der Waals surface area (Å²) in [6, 6.07) is 0. The Labute approximate surface area is 91.1 Å². The molecule has 0 aromatic carbocycles. The third-order valence-corrected chi connectivity index (χ3v) is 2.27. The molecule has 0 radical (unpaired) electrons. The Balaban J connectivity index is 3.51. The quantitative estimate of drug-likeness (QED) is 0.678. The summed E-state index contributed by atoms with van der Waals surface area (Å²) < 4.78 is 0. The minimum atomic E-state index is -0.813. The van der Waals surface area contributed by atoms with Gasteiger partial charge in [-0.2, -0.15) is 0 Å². The molecule has 0 aromatic rings. The van der Waals surface area contributed by atoms with Gasteiger partial charge in [-0.3, -0.25) is 9.59 Å². The molecule has 0 spiro atoms. The van der Waals surface area contributed by atoms with E-state index in [0.29, 0.717) is 25.3 Å². The van der Waals surface area contributed by atoms with E-state index in [-0.39, 0.29) is 5.91 Å². The van der Waals surface area contributed by atoms with Crippen molar-refractivity contribution in [1.82, 2.24) is 5.32 Å². The molecule has 88 valence electrons. The van der Waals surface area contributed by atoms with Gasteiger partial charge in [-0.15, -0.1) is 0 Å². The van der Waals surface area contributed by atoms with Gasteiger partial charge in [-0.1, -0.05) is 20.8 Å². The van der Waals surface area contributed by atoms with E-state index < -0.39 is 11.9 Å². The van der Waals surface area contributed by atoms with E-state index in [2.05, 4.69) is 19.2 Å². The summed E-state index contributed by atoms with van der Waals surface area (Å²) >= 11 is 0. The maximum Gasteiger partial charge on any atom is 0.306 e. The number of carbonyl (C=O) groups excluding carboxylic acids is 1. The van der Waals surface area contributed by atoms with Crippen LogP contribution < -0.4 is 5.32 Å². The van der Waals surface area contributed by atoms with Crippen molar-refractivity contribution in [3.05, 3.63) is 0 Å². The highest BCUT2D eigenvalue weighted by Gasteiger charge is 2.10. The summed E-state index contributed by atoms with van der Waals surface area (Å²) in [7, 11) is 0. The van der Waals surface area contributed by atoms with Crippen LogP contribution in [0, 0.1) is 11.8 Å². The average Bonchev–Trinajstić information content (AvgIpc) is 2.14. The van der Waals surface area contributed by atoms with Crippen LogP contribution in [0.2, 0.25) is 0 Å². The first-order valence-electron chi connectivity index (χ1n) is 5.43. The average molecular weight is 215 g/mol. The maximum atomic E-state index is 11.2. The van der Waals surface area contributed by atoms with Crippen molar-refractivity contribution in [1.29, 1.82) is 0 Å². The Bertz CT molecular complexity index is 214. The zero-order valence-corrected chi connectivity index (χ0v) is 9.75. The molecule has 4 heteroatoms. The predicted octanol–water partition coefficient (Wildman–Crippen LogP) is 1.65. The van der Waals surface area contributed by atoms with Gasteiger partial charge in [0.1, 0.15) is 0 Å². The van der Waals surface area contributed by atoms with Crippen molar-refractivity contribution in [2.24, 2.45) is 11.8 Å². The summed E-state index contributed by atoms with van der Waals surface area (Å²) in [5.74, 6) is -0.670. The normalized spacial score (nSPS) is 12.5. The highest BCUT2D eigenvalue weighted by atomic mass is 16.4. The second kappa shape index (κ2) is 7.26. The first-order valence-corrected chi connectivity index (χ1v) is 5.43. The molecule has 0 bridgehead atoms. The molecule has 0 aliphatic heterocycles. The third kappa shape index (κ3) is 7.97. The van der Waals surface area contributed by atoms with Crippen LogP contribution in [0.15, 0.2) is 0 Å². The van der Waals surface area contributed by atoms with Crippen molar-refractivity contribution in [3.8, 4) is 0 Å². The lowest BCUT2D eigenvalue weighted by Gasteiger charge is -2.08. The van der Waals surface area contributed by atoms with Crippen LogP contribution in [0.3, 0.4) is 0 Å². The van der Waals surface area contributed by atoms with Crippen LogP contribution in [0.4, 0.5) is 0 Å². The second-order valence-corrected chi connectivity index (χ2v) is 4.31. The lowest BCUT2D eigenvalue weighted by atomic mass is 10.1. The lowest BCUT2D eigenvalue weighted by Crippen LogP contribution is -2.27. The molecule has 1 atom stereocenters. The van der Waals surface area contributed by atoms with Gasteiger partial charge in [-0.25, -0.2) is 0 Å². The predicted molar refractivity (Wildman–Crippen MR) is 58.5 cm³/mol. The van der Waals surface area contributed by atoms with Crippen LogP contribution in [-0.4, -0.2) is 23.5 Å². The molecular weight excluding hydrogens is 194 g/mol. The standard InChI is InChI=1S/C11H21NO3/c1-8(2)4-5-10(13)12-7-6-9(3)11(14)15/h8-9H,4-7H2,1-3H3,(H,12,13)(H,14,15). The number of nitrogens with one attached hydrogen (secondary N) is 1. The van der Waals surface area contributed by atoms with Crippen LogP contribution in [0.1, 0.15) is 40.0 Å². The number of hydrogen-bond donors (Lipinski definition) is 2. The number of rotatable bonds is 7. The van der Waals surface area contributed by atoms with Crippen molar-refractivity contribution >= 4 is 11.9 Å². The van der Waals surface area contributed by atoms with Gasteiger partial charge in [0, 0.05) is 13.0 Å². The molecule has 0 aliphatic carbocycles. The molecule has 15 heavy (non-hydrogen) atoms. The topological polar surface area (TPSA) is 66.4 Å². The fourth-order valence-corrected chi connectivity index (χ4v) is 1.06. The summed E-state index contributed by atoms with van der Waals surface area (Å²) in [5.41, 5.74) is 0. The Morgan fingerprint density at radius 1 is 1.20 bits per heavy atom. The summed E-state index contributed by atoms with van der Waals surface area (Å²) in [5, 5.41) is 11.3. The zero-order valence-electron chi connectivity index (χ0n) is 9.75. The summed E-state index contributed by atoms with van der Waals surface area (Å²) in [6.07, 6.45) is 1.89. The molecule has 2 N–H and O–H groups in total. The van der Waals surface area contributed by atoms with E-state index in [1.54, 1.807) is 6.92 Å². The van der Waals surface area contributed by atoms with Crippen molar-refractivity contribution < 1.29 is 14.7 Å². The SMILES string of the molecule is CC(C)CCC(=O)NCCC(C)C(=O)O. The van der Waals surface area contributed by atoms with Crippen molar-refractivity contribution in [2.45, 2.75) is 40.0 Å². The van der Waals surface area contributed by atoms with Gasteiger partial charge >= 0.3 is 5.97 Å². The smallest absolute Gasteiger partial charge is 0.306 e. The van der Waals surface area contributed by atoms with E-state index >= 15 is 0 Å². The van der Waals surface area contributed by atoms with E-state index in [1.807, 2.05) is 0 Å². The summed E-state index contributed by atoms with van der Waals surface area (Å²) in [6.45, 7) is 6.23. The van der Waals surface area contributed by atoms with Gasteiger partial charge in [0.15, 0.2) is 0 Å². The molecular formula is C11H21NO3. The fraction of sp³-hybridized carbons (Fsp3) is 0.818. The molecule has 0 fully saturated rings. The van der Waals surface area contributed by atoms with Gasteiger partial charge in [-0.05, 0) is 18.8 Å². The Morgan fingerprint density at radius 2 is 1.80 bits per heavy atom. The van der Waals surface area contributed by atoms with E-state index in [4.69, 9.17) is 5.11 Å². The third-order valence-electron chi connectivity index (χ3n) is 2.27. The first-order chi connectivity index (χ1) is 6.93. The number of amides is 1. The number of hydrogen-bond acceptors (Lipinski definition) is 2. The van der Waals surface area contributed by atoms with E-state index in [0.717, 1.165) is 6.42 Å². The second-order valence-electron chi connectivity index (χ2n) is 4.31. The van der Waals surface area contributed by atoms with Gasteiger partial charge in [0.25, 0.3) is 0 Å². The van der Waals surface area contributed by atoms with Crippen LogP contribution in [-0.2, 0) is 9.59 Å². The highest BCUT2D eigenvalue weighted by molar-refractivity contribution is 5.76. The number of carboxylic acid groups (broad SMARTS) is 1. The minimum Gasteiger partial charge on any atom is -0.481 e. The highest BCUT2D eigenvalue weighted by Crippen LogP contribution is 2.03. The molecule has 1 unspecified atom stereocenters. The van der Waals surface area contributed by atoms with Gasteiger partial charge < -0.3 is 10.4 Å². The lowest BCUT2D eigenvalue weighted by molar-refractivity contribution is -0.141. The molecule has 0 saturated carbocycles. The van der Waals surface area contributed by atoms with Crippen LogP contribution in [0.5, 0.6) is 0 Å². The Kier molecular flexibility index (Phi) is 6.75.